The third-order valence-electron chi connectivity index (χ3n) is 2.93. The highest BCUT2D eigenvalue weighted by atomic mass is 35.5. The van der Waals surface area contributed by atoms with Crippen LogP contribution in [0.4, 0.5) is 5.69 Å². The highest BCUT2D eigenvalue weighted by Gasteiger charge is 2.13. The van der Waals surface area contributed by atoms with E-state index >= 15 is 0 Å². The van der Waals surface area contributed by atoms with Gasteiger partial charge in [-0.3, -0.25) is 10.1 Å². The predicted octanol–water partition coefficient (Wildman–Crippen LogP) is 2.95. The van der Waals surface area contributed by atoms with E-state index in [2.05, 4.69) is 9.93 Å². The molecule has 0 fully saturated rings. The number of hydrogen-bond donors (Lipinski definition) is 1. The quantitative estimate of drug-likeness (QED) is 0.507. The molecule has 7 nitrogen and oxygen atoms in total. The van der Waals surface area contributed by atoms with Crippen molar-refractivity contribution in [2.24, 2.45) is 5.10 Å². The van der Waals surface area contributed by atoms with Gasteiger partial charge in [-0.2, -0.15) is 18.4 Å². The van der Waals surface area contributed by atoms with Crippen molar-refractivity contribution in [3.63, 3.8) is 0 Å². The lowest BCUT2D eigenvalue weighted by molar-refractivity contribution is -0.384. The number of hydrogen-bond acceptors (Lipinski definition) is 5. The number of rotatable bonds is 5. The Morgan fingerprint density at radius 1 is 1.22 bits per heavy atom. The fraction of sp³-hybridized carbons (Fsp3) is 0.0714. The maximum absolute atomic E-state index is 12.1. The summed E-state index contributed by atoms with van der Waals surface area (Å²) in [4.78, 5) is 12.3. The van der Waals surface area contributed by atoms with Gasteiger partial charge >= 0.3 is 0 Å². The van der Waals surface area contributed by atoms with Crippen LogP contribution in [0.3, 0.4) is 0 Å². The summed E-state index contributed by atoms with van der Waals surface area (Å²) in [7, 11) is -3.84. The number of nitrogens with one attached hydrogen (secondary N) is 1. The fourth-order valence-corrected chi connectivity index (χ4v) is 2.69. The molecule has 0 unspecified atom stereocenters. The second-order valence-electron chi connectivity index (χ2n) is 4.55. The summed E-state index contributed by atoms with van der Waals surface area (Å²) in [6, 6.07) is 11.4. The Morgan fingerprint density at radius 2 is 1.87 bits per heavy atom. The summed E-state index contributed by atoms with van der Waals surface area (Å²) >= 11 is 5.71. The van der Waals surface area contributed by atoms with Gasteiger partial charge in [0, 0.05) is 22.7 Å². The average Bonchev–Trinajstić information content (AvgIpc) is 2.53. The molecule has 120 valence electrons. The Bertz CT molecular complexity index is 864. The zero-order valence-corrected chi connectivity index (χ0v) is 13.5. The SMILES string of the molecule is C/C(=N\NS(=O)(=O)c1ccc(Cl)cc1)c1cccc([N+](=O)[O-])c1. The second-order valence-corrected chi connectivity index (χ2v) is 6.65. The van der Waals surface area contributed by atoms with Crippen LogP contribution >= 0.6 is 11.6 Å². The van der Waals surface area contributed by atoms with Crippen LogP contribution in [0.1, 0.15) is 12.5 Å². The van der Waals surface area contributed by atoms with Crippen LogP contribution in [0, 0.1) is 10.1 Å². The Hall–Kier alpha value is -2.45. The minimum atomic E-state index is -3.84. The summed E-state index contributed by atoms with van der Waals surface area (Å²) in [5, 5.41) is 15.0. The average molecular weight is 354 g/mol. The molecular weight excluding hydrogens is 342 g/mol. The molecular formula is C14H12ClN3O4S. The van der Waals surface area contributed by atoms with Crippen molar-refractivity contribution in [3.05, 3.63) is 69.2 Å². The molecule has 0 aliphatic heterocycles. The van der Waals surface area contributed by atoms with Crippen LogP contribution in [-0.2, 0) is 10.0 Å². The lowest BCUT2D eigenvalue weighted by Gasteiger charge is -2.05. The van der Waals surface area contributed by atoms with Crippen LogP contribution in [0.15, 0.2) is 58.5 Å². The molecule has 2 aromatic rings. The van der Waals surface area contributed by atoms with Gasteiger partial charge in [0.05, 0.1) is 15.5 Å². The van der Waals surface area contributed by atoms with E-state index in [1.807, 2.05) is 0 Å². The van der Waals surface area contributed by atoms with Gasteiger partial charge in [-0.25, -0.2) is 0 Å². The van der Waals surface area contributed by atoms with E-state index < -0.39 is 14.9 Å². The number of sulfonamides is 1. The molecule has 0 radical (unpaired) electrons. The van der Waals surface area contributed by atoms with Gasteiger partial charge in [-0.15, -0.1) is 0 Å². The first-order valence-electron chi connectivity index (χ1n) is 6.36. The van der Waals surface area contributed by atoms with Crippen molar-refractivity contribution in [1.29, 1.82) is 0 Å². The maximum Gasteiger partial charge on any atom is 0.276 e. The lowest BCUT2D eigenvalue weighted by atomic mass is 10.1. The zero-order valence-electron chi connectivity index (χ0n) is 11.9. The third kappa shape index (κ3) is 4.27. The molecule has 0 spiro atoms. The largest absolute Gasteiger partial charge is 0.276 e. The highest BCUT2D eigenvalue weighted by molar-refractivity contribution is 7.89. The van der Waals surface area contributed by atoms with Crippen molar-refractivity contribution in [2.75, 3.05) is 0 Å². The molecule has 9 heteroatoms. The molecule has 0 amide bonds. The molecule has 0 atom stereocenters. The van der Waals surface area contributed by atoms with Gasteiger partial charge < -0.3 is 0 Å². The minimum Gasteiger partial charge on any atom is -0.258 e. The molecule has 1 N–H and O–H groups in total. The first-order chi connectivity index (χ1) is 10.8. The Labute approximate surface area is 137 Å². The topological polar surface area (TPSA) is 102 Å². The lowest BCUT2D eigenvalue weighted by Crippen LogP contribution is -2.19. The number of benzene rings is 2. The van der Waals surface area contributed by atoms with Crippen LogP contribution in [0.2, 0.25) is 5.02 Å². The van der Waals surface area contributed by atoms with Gasteiger partial charge in [0.15, 0.2) is 0 Å². The smallest absolute Gasteiger partial charge is 0.258 e. The van der Waals surface area contributed by atoms with Gasteiger partial charge in [0.2, 0.25) is 0 Å². The maximum atomic E-state index is 12.1. The van der Waals surface area contributed by atoms with Gasteiger partial charge in [0.25, 0.3) is 15.7 Å². The normalized spacial score (nSPS) is 12.0. The van der Waals surface area contributed by atoms with Crippen molar-refractivity contribution in [3.8, 4) is 0 Å². The second kappa shape index (κ2) is 6.76. The molecule has 0 aliphatic carbocycles. The van der Waals surface area contributed by atoms with Crippen molar-refractivity contribution < 1.29 is 13.3 Å². The van der Waals surface area contributed by atoms with E-state index in [-0.39, 0.29) is 10.6 Å². The molecule has 2 aromatic carbocycles. The van der Waals surface area contributed by atoms with E-state index in [0.717, 1.165) is 0 Å². The van der Waals surface area contributed by atoms with E-state index in [1.165, 1.54) is 42.5 Å². The highest BCUT2D eigenvalue weighted by Crippen LogP contribution is 2.15. The van der Waals surface area contributed by atoms with Crippen molar-refractivity contribution in [2.45, 2.75) is 11.8 Å². The van der Waals surface area contributed by atoms with Crippen molar-refractivity contribution in [1.82, 2.24) is 4.83 Å². The number of nitro benzene ring substituents is 1. The Morgan fingerprint density at radius 3 is 2.48 bits per heavy atom. The molecule has 0 heterocycles. The first kappa shape index (κ1) is 16.9. The number of nitro groups is 1. The van der Waals surface area contributed by atoms with Gasteiger partial charge in [-0.05, 0) is 31.2 Å². The Balaban J connectivity index is 2.23. The van der Waals surface area contributed by atoms with E-state index in [4.69, 9.17) is 11.6 Å². The predicted molar refractivity (Wildman–Crippen MR) is 87.1 cm³/mol. The van der Waals surface area contributed by atoms with Crippen LogP contribution < -0.4 is 4.83 Å². The van der Waals surface area contributed by atoms with Gasteiger partial charge in [0.1, 0.15) is 0 Å². The van der Waals surface area contributed by atoms with E-state index in [1.54, 1.807) is 13.0 Å². The van der Waals surface area contributed by atoms with Crippen LogP contribution in [0.25, 0.3) is 0 Å². The fourth-order valence-electron chi connectivity index (χ4n) is 1.70. The standard InChI is InChI=1S/C14H12ClN3O4S/c1-10(11-3-2-4-13(9-11)18(19)20)16-17-23(21,22)14-7-5-12(15)6-8-14/h2-9,17H,1H3/b16-10+. The number of nitrogens with zero attached hydrogens (tertiary/aromatic N) is 2. The first-order valence-corrected chi connectivity index (χ1v) is 8.22. The summed E-state index contributed by atoms with van der Waals surface area (Å²) in [6.07, 6.45) is 0. The molecule has 0 saturated carbocycles. The number of halogens is 1. The summed E-state index contributed by atoms with van der Waals surface area (Å²) in [5.74, 6) is 0. The van der Waals surface area contributed by atoms with E-state index in [9.17, 15) is 18.5 Å². The molecule has 0 aromatic heterocycles. The monoisotopic (exact) mass is 353 g/mol. The minimum absolute atomic E-state index is 0.0116. The van der Waals surface area contributed by atoms with Gasteiger partial charge in [-0.1, -0.05) is 23.7 Å². The Kier molecular flexibility index (Phi) is 4.97. The van der Waals surface area contributed by atoms with Crippen LogP contribution in [-0.4, -0.2) is 19.1 Å². The number of non-ortho nitro benzene ring substituents is 1. The summed E-state index contributed by atoms with van der Waals surface area (Å²) in [6.45, 7) is 1.55. The summed E-state index contributed by atoms with van der Waals surface area (Å²) < 4.78 is 24.2. The zero-order chi connectivity index (χ0) is 17.0. The molecule has 0 aliphatic rings. The molecule has 2 rings (SSSR count). The van der Waals surface area contributed by atoms with Crippen molar-refractivity contribution >= 4 is 33.0 Å². The molecule has 0 bridgehead atoms. The van der Waals surface area contributed by atoms with Crippen LogP contribution in [0.5, 0.6) is 0 Å². The third-order valence-corrected chi connectivity index (χ3v) is 4.41. The molecule has 0 saturated heterocycles. The molecule has 23 heavy (non-hydrogen) atoms. The summed E-state index contributed by atoms with van der Waals surface area (Å²) in [5.41, 5.74) is 0.641. The van der Waals surface area contributed by atoms with E-state index in [0.29, 0.717) is 16.3 Å². The number of hydrazone groups is 1.